The molecule has 0 saturated heterocycles. The number of carbonyl (C=O) groups is 1. The van der Waals surface area contributed by atoms with Gasteiger partial charge in [0.15, 0.2) is 0 Å². The zero-order valence-electron chi connectivity index (χ0n) is 18.2. The summed E-state index contributed by atoms with van der Waals surface area (Å²) in [6.07, 6.45) is -3.85. The third-order valence-electron chi connectivity index (χ3n) is 4.57. The summed E-state index contributed by atoms with van der Waals surface area (Å²) in [5, 5.41) is 5.05. The fourth-order valence-corrected chi connectivity index (χ4v) is 3.26. The second kappa shape index (κ2) is 8.72. The van der Waals surface area contributed by atoms with E-state index in [1.807, 2.05) is 0 Å². The summed E-state index contributed by atoms with van der Waals surface area (Å²) in [5.41, 5.74) is -0.625. The minimum atomic E-state index is -4.87. The maximum absolute atomic E-state index is 14.8. The van der Waals surface area contributed by atoms with Gasteiger partial charge in [0.2, 0.25) is 0 Å². The van der Waals surface area contributed by atoms with Crippen LogP contribution in [0.1, 0.15) is 39.3 Å². The molecule has 11 heteroatoms. The van der Waals surface area contributed by atoms with Crippen molar-refractivity contribution in [2.75, 3.05) is 5.32 Å². The predicted molar refractivity (Wildman–Crippen MR) is 115 cm³/mol. The van der Waals surface area contributed by atoms with Crippen LogP contribution in [0, 0.1) is 5.82 Å². The quantitative estimate of drug-likeness (QED) is 0.532. The lowest BCUT2D eigenvalue weighted by Crippen LogP contribution is -2.43. The fraction of sp³-hybridized carbons (Fsp3) is 0.318. The van der Waals surface area contributed by atoms with E-state index in [2.05, 4.69) is 20.4 Å². The number of anilines is 1. The van der Waals surface area contributed by atoms with E-state index in [1.165, 1.54) is 22.8 Å². The van der Waals surface area contributed by atoms with Gasteiger partial charge in [-0.15, -0.1) is 13.2 Å². The van der Waals surface area contributed by atoms with Crippen LogP contribution in [-0.2, 0) is 0 Å². The molecule has 2 N–H and O–H groups in total. The highest BCUT2D eigenvalue weighted by Crippen LogP contribution is 2.29. The average molecular weight is 466 g/mol. The zero-order chi connectivity index (χ0) is 24.6. The van der Waals surface area contributed by atoms with Crippen molar-refractivity contribution >= 4 is 22.8 Å². The Balaban J connectivity index is 2.01. The minimum Gasteiger partial charge on any atom is -0.406 e. The van der Waals surface area contributed by atoms with Gasteiger partial charge in [-0.05, 0) is 51.5 Å². The molecule has 1 aromatic heterocycles. The van der Waals surface area contributed by atoms with Gasteiger partial charge in [0.1, 0.15) is 11.6 Å². The molecule has 0 bridgehead atoms. The minimum absolute atomic E-state index is 0.108. The number of halogens is 4. The molecule has 0 spiro atoms. The van der Waals surface area contributed by atoms with E-state index in [4.69, 9.17) is 0 Å². The van der Waals surface area contributed by atoms with Crippen molar-refractivity contribution in [1.29, 1.82) is 0 Å². The Morgan fingerprint density at radius 2 is 1.85 bits per heavy atom. The molecule has 0 fully saturated rings. The van der Waals surface area contributed by atoms with Gasteiger partial charge in [0.25, 0.3) is 5.56 Å². The van der Waals surface area contributed by atoms with Crippen LogP contribution >= 0.6 is 0 Å². The van der Waals surface area contributed by atoms with Crippen molar-refractivity contribution in [3.05, 3.63) is 64.3 Å². The lowest BCUT2D eigenvalue weighted by molar-refractivity contribution is -0.274. The predicted octanol–water partition coefficient (Wildman–Crippen LogP) is 4.96. The van der Waals surface area contributed by atoms with Crippen LogP contribution in [0.4, 0.5) is 28.0 Å². The van der Waals surface area contributed by atoms with Crippen molar-refractivity contribution in [3.8, 4) is 5.75 Å². The highest BCUT2D eigenvalue weighted by atomic mass is 19.4. The molecular formula is C22H22F4N4O3. The van der Waals surface area contributed by atoms with Crippen molar-refractivity contribution in [2.24, 2.45) is 0 Å². The van der Waals surface area contributed by atoms with Crippen LogP contribution in [0.2, 0.25) is 0 Å². The third-order valence-corrected chi connectivity index (χ3v) is 4.57. The third kappa shape index (κ3) is 5.99. The summed E-state index contributed by atoms with van der Waals surface area (Å²) in [6.45, 7) is 6.87. The molecule has 2 aromatic carbocycles. The molecule has 7 nitrogen and oxygen atoms in total. The normalized spacial score (nSPS) is 13.0. The van der Waals surface area contributed by atoms with E-state index >= 15 is 0 Å². The molecule has 0 aliphatic heterocycles. The standard InChI is InChI=1S/C22H22F4N4O3/c1-12(13-6-5-7-14(8-13)33-22(24,25)26)30-18-9-15(23)16(10-17(18)27-11-19(30)31)28-20(32)29-21(2,3)4/h5-12H,1-4H3,(H2,28,29,32)/t12-/m0/s1. The second-order valence-corrected chi connectivity index (χ2v) is 8.41. The maximum atomic E-state index is 14.8. The van der Waals surface area contributed by atoms with Crippen LogP contribution in [0.5, 0.6) is 5.75 Å². The molecule has 1 atom stereocenters. The Morgan fingerprint density at radius 1 is 1.15 bits per heavy atom. The molecule has 0 aliphatic rings. The summed E-state index contributed by atoms with van der Waals surface area (Å²) in [4.78, 5) is 28.7. The van der Waals surface area contributed by atoms with Gasteiger partial charge < -0.3 is 15.4 Å². The Morgan fingerprint density at radius 3 is 2.48 bits per heavy atom. The van der Waals surface area contributed by atoms with Gasteiger partial charge in [-0.25, -0.2) is 14.2 Å². The number of alkyl halides is 3. The van der Waals surface area contributed by atoms with Gasteiger partial charge in [-0.3, -0.25) is 9.36 Å². The largest absolute Gasteiger partial charge is 0.573 e. The molecule has 2 amide bonds. The Kier molecular flexibility index (Phi) is 6.35. The second-order valence-electron chi connectivity index (χ2n) is 8.41. The van der Waals surface area contributed by atoms with E-state index in [0.717, 1.165) is 24.4 Å². The number of benzene rings is 2. The van der Waals surface area contributed by atoms with Crippen LogP contribution in [0.25, 0.3) is 11.0 Å². The topological polar surface area (TPSA) is 85.2 Å². The maximum Gasteiger partial charge on any atom is 0.573 e. The van der Waals surface area contributed by atoms with Crippen molar-refractivity contribution < 1.29 is 27.1 Å². The first-order chi connectivity index (χ1) is 15.2. The zero-order valence-corrected chi connectivity index (χ0v) is 18.2. The van der Waals surface area contributed by atoms with Gasteiger partial charge in [-0.2, -0.15) is 0 Å². The monoisotopic (exact) mass is 466 g/mol. The van der Waals surface area contributed by atoms with Crippen LogP contribution in [-0.4, -0.2) is 27.5 Å². The number of amides is 2. The number of hydrogen-bond donors (Lipinski definition) is 2. The van der Waals surface area contributed by atoms with Crippen molar-refractivity contribution in [2.45, 2.75) is 45.6 Å². The molecule has 0 radical (unpaired) electrons. The Bertz CT molecular complexity index is 1250. The molecule has 0 unspecified atom stereocenters. The van der Waals surface area contributed by atoms with Crippen LogP contribution < -0.4 is 20.9 Å². The highest BCUT2D eigenvalue weighted by Gasteiger charge is 2.31. The van der Waals surface area contributed by atoms with E-state index in [1.54, 1.807) is 27.7 Å². The van der Waals surface area contributed by atoms with E-state index in [0.29, 0.717) is 5.56 Å². The summed E-state index contributed by atoms with van der Waals surface area (Å²) in [7, 11) is 0. The summed E-state index contributed by atoms with van der Waals surface area (Å²) < 4.78 is 57.7. The number of fused-ring (bicyclic) bond motifs is 1. The van der Waals surface area contributed by atoms with E-state index < -0.39 is 41.1 Å². The lowest BCUT2D eigenvalue weighted by Gasteiger charge is -2.21. The number of rotatable bonds is 4. The first-order valence-corrected chi connectivity index (χ1v) is 9.89. The van der Waals surface area contributed by atoms with E-state index in [9.17, 15) is 27.2 Å². The van der Waals surface area contributed by atoms with Crippen molar-refractivity contribution in [1.82, 2.24) is 14.9 Å². The Labute approximate surface area is 186 Å². The summed E-state index contributed by atoms with van der Waals surface area (Å²) in [5.74, 6) is -1.25. The van der Waals surface area contributed by atoms with Gasteiger partial charge in [0.05, 0.1) is 29.0 Å². The molecule has 1 heterocycles. The number of hydrogen-bond acceptors (Lipinski definition) is 4. The number of aromatic nitrogens is 2. The molecule has 3 aromatic rings. The molecule has 0 aliphatic carbocycles. The van der Waals surface area contributed by atoms with E-state index in [-0.39, 0.29) is 16.7 Å². The van der Waals surface area contributed by atoms with Crippen LogP contribution in [0.3, 0.4) is 0 Å². The van der Waals surface area contributed by atoms with Gasteiger partial charge in [-0.1, -0.05) is 12.1 Å². The lowest BCUT2D eigenvalue weighted by atomic mass is 10.1. The SMILES string of the molecule is C[C@@H](c1cccc(OC(F)(F)F)c1)n1c(=O)cnc2cc(NC(=O)NC(C)(C)C)c(F)cc21. The summed E-state index contributed by atoms with van der Waals surface area (Å²) >= 11 is 0. The average Bonchev–Trinajstić information content (AvgIpc) is 2.66. The molecule has 3 rings (SSSR count). The number of nitrogens with zero attached hydrogens (tertiary/aromatic N) is 2. The molecule has 33 heavy (non-hydrogen) atoms. The van der Waals surface area contributed by atoms with Crippen LogP contribution in [0.15, 0.2) is 47.4 Å². The first-order valence-electron chi connectivity index (χ1n) is 9.89. The molecule has 0 saturated carbocycles. The molecule has 176 valence electrons. The number of carbonyl (C=O) groups excluding carboxylic acids is 1. The van der Waals surface area contributed by atoms with Crippen molar-refractivity contribution in [3.63, 3.8) is 0 Å². The van der Waals surface area contributed by atoms with Gasteiger partial charge >= 0.3 is 12.4 Å². The fourth-order valence-electron chi connectivity index (χ4n) is 3.26. The smallest absolute Gasteiger partial charge is 0.406 e. The molecular weight excluding hydrogens is 444 g/mol. The number of ether oxygens (including phenoxy) is 1. The summed E-state index contributed by atoms with van der Waals surface area (Å²) in [6, 6.07) is 6.10. The first kappa shape index (κ1) is 24.0. The Hall–Kier alpha value is -3.63. The van der Waals surface area contributed by atoms with Gasteiger partial charge in [0, 0.05) is 11.6 Å². The number of nitrogens with one attached hydrogen (secondary N) is 2. The number of urea groups is 1. The highest BCUT2D eigenvalue weighted by molar-refractivity contribution is 5.92.